The molecule has 0 saturated heterocycles. The second kappa shape index (κ2) is 9.24. The molecular weight excluding hydrogens is 560 g/mol. The van der Waals surface area contributed by atoms with Gasteiger partial charge in [0.1, 0.15) is 7.05 Å². The molecule has 2 bridgehead atoms. The lowest BCUT2D eigenvalue weighted by Gasteiger charge is -2.42. The van der Waals surface area contributed by atoms with Crippen LogP contribution in [0.4, 0.5) is 0 Å². The van der Waals surface area contributed by atoms with E-state index < -0.39 is 0 Å². The van der Waals surface area contributed by atoms with Gasteiger partial charge in [-0.2, -0.15) is 0 Å². The first kappa shape index (κ1) is 25.8. The van der Waals surface area contributed by atoms with E-state index in [2.05, 4.69) is 140 Å². The number of aromatic nitrogens is 2. The van der Waals surface area contributed by atoms with Gasteiger partial charge in [0, 0.05) is 40.4 Å². The van der Waals surface area contributed by atoms with Gasteiger partial charge < -0.3 is 4.42 Å². The Kier molecular flexibility index (Phi) is 5.18. The smallest absolute Gasteiger partial charge is 0.227 e. The molecule has 0 aliphatic heterocycles. The standard InChI is InChI=1S/C43H31N2O/c1-24-12-15-33-34-16-13-25(2)44-43(34)46-42(33)39(24)38-23-29(18-19-45(38)3)28-14-17-32-35(22-28)41-31-11-7-6-10-30(31)40(32)36-20-26-8-4-5-9-27(26)21-37(36)41/h4-23,40-41H,1-3H3/q+1. The summed E-state index contributed by atoms with van der Waals surface area (Å²) < 4.78 is 8.68. The topological polar surface area (TPSA) is 29.9 Å². The highest BCUT2D eigenvalue weighted by Crippen LogP contribution is 2.56. The monoisotopic (exact) mass is 591 g/mol. The van der Waals surface area contributed by atoms with Crippen molar-refractivity contribution < 1.29 is 8.98 Å². The molecule has 3 aromatic heterocycles. The predicted molar refractivity (Wildman–Crippen MR) is 185 cm³/mol. The maximum Gasteiger partial charge on any atom is 0.227 e. The van der Waals surface area contributed by atoms with Gasteiger partial charge in [-0.15, -0.1) is 0 Å². The quantitative estimate of drug-likeness (QED) is 0.187. The molecule has 0 radical (unpaired) electrons. The first-order valence-electron chi connectivity index (χ1n) is 16.1. The Labute approximate surface area is 267 Å². The molecule has 46 heavy (non-hydrogen) atoms. The number of furan rings is 1. The number of hydrogen-bond donors (Lipinski definition) is 0. The molecule has 0 fully saturated rings. The Morgan fingerprint density at radius 2 is 1.22 bits per heavy atom. The molecule has 2 atom stereocenters. The largest absolute Gasteiger partial charge is 0.437 e. The molecule has 218 valence electrons. The van der Waals surface area contributed by atoms with Gasteiger partial charge in [0.25, 0.3) is 0 Å². The lowest BCUT2D eigenvalue weighted by Crippen LogP contribution is -2.30. The molecule has 8 aromatic rings. The van der Waals surface area contributed by atoms with Crippen molar-refractivity contribution in [2.24, 2.45) is 7.05 Å². The van der Waals surface area contributed by atoms with Gasteiger partial charge in [0.2, 0.25) is 11.4 Å². The van der Waals surface area contributed by atoms with Crippen LogP contribution in [-0.4, -0.2) is 4.98 Å². The van der Waals surface area contributed by atoms with Crippen molar-refractivity contribution in [3.05, 3.63) is 166 Å². The summed E-state index contributed by atoms with van der Waals surface area (Å²) in [4.78, 5) is 4.70. The van der Waals surface area contributed by atoms with Crippen molar-refractivity contribution in [1.82, 2.24) is 4.98 Å². The van der Waals surface area contributed by atoms with Gasteiger partial charge in [-0.05, 0) is 105 Å². The molecule has 3 heteroatoms. The van der Waals surface area contributed by atoms with Gasteiger partial charge >= 0.3 is 0 Å². The van der Waals surface area contributed by atoms with E-state index in [-0.39, 0.29) is 11.8 Å². The fourth-order valence-electron chi connectivity index (χ4n) is 8.31. The number of benzene rings is 5. The molecule has 3 heterocycles. The van der Waals surface area contributed by atoms with E-state index in [0.29, 0.717) is 5.71 Å². The van der Waals surface area contributed by atoms with E-state index in [0.717, 1.165) is 33.3 Å². The Balaban J connectivity index is 1.15. The zero-order chi connectivity index (χ0) is 30.7. The summed E-state index contributed by atoms with van der Waals surface area (Å²) in [5, 5.41) is 4.78. The van der Waals surface area contributed by atoms with Gasteiger partial charge in [0.15, 0.2) is 11.8 Å². The summed E-state index contributed by atoms with van der Waals surface area (Å²) in [6.45, 7) is 4.17. The maximum atomic E-state index is 6.48. The van der Waals surface area contributed by atoms with Gasteiger partial charge in [-0.25, -0.2) is 9.55 Å². The minimum atomic E-state index is 0.220. The van der Waals surface area contributed by atoms with Crippen LogP contribution < -0.4 is 4.57 Å². The summed E-state index contributed by atoms with van der Waals surface area (Å²) in [5.74, 6) is 0.470. The molecule has 2 unspecified atom stereocenters. The summed E-state index contributed by atoms with van der Waals surface area (Å²) in [7, 11) is 2.12. The van der Waals surface area contributed by atoms with Crippen LogP contribution >= 0.6 is 0 Å². The number of rotatable bonds is 2. The Morgan fingerprint density at radius 1 is 0.587 bits per heavy atom. The first-order valence-corrected chi connectivity index (χ1v) is 16.1. The van der Waals surface area contributed by atoms with E-state index in [1.54, 1.807) is 0 Å². The van der Waals surface area contributed by atoms with Crippen LogP contribution in [0.3, 0.4) is 0 Å². The number of hydrogen-bond acceptors (Lipinski definition) is 2. The zero-order valence-corrected chi connectivity index (χ0v) is 26.0. The highest BCUT2D eigenvalue weighted by Gasteiger charge is 2.41. The van der Waals surface area contributed by atoms with Gasteiger partial charge in [-0.1, -0.05) is 72.8 Å². The number of nitrogens with zero attached hydrogens (tertiary/aromatic N) is 2. The second-order valence-corrected chi connectivity index (χ2v) is 13.1. The third-order valence-corrected chi connectivity index (χ3v) is 10.5. The van der Waals surface area contributed by atoms with Crippen LogP contribution in [0.5, 0.6) is 0 Å². The van der Waals surface area contributed by atoms with Crippen LogP contribution in [0.15, 0.2) is 126 Å². The van der Waals surface area contributed by atoms with Crippen molar-refractivity contribution >= 4 is 32.8 Å². The molecule has 3 aliphatic carbocycles. The van der Waals surface area contributed by atoms with Crippen molar-refractivity contribution in [2.45, 2.75) is 25.7 Å². The van der Waals surface area contributed by atoms with Gasteiger partial charge in [0.05, 0.1) is 5.56 Å². The normalized spacial score (nSPS) is 16.2. The van der Waals surface area contributed by atoms with Crippen molar-refractivity contribution in [3.8, 4) is 22.4 Å². The van der Waals surface area contributed by atoms with Crippen LogP contribution in [0.25, 0.3) is 55.2 Å². The van der Waals surface area contributed by atoms with E-state index in [9.17, 15) is 0 Å². The van der Waals surface area contributed by atoms with Crippen molar-refractivity contribution in [2.75, 3.05) is 0 Å². The van der Waals surface area contributed by atoms with Crippen LogP contribution in [0, 0.1) is 13.8 Å². The SMILES string of the molecule is Cc1ccc2c(n1)oc1c(-c3cc(-c4ccc5c(c4)C4c6ccccc6C5c5cc6ccccc6cc54)cc[n+]3C)c(C)ccc12. The Morgan fingerprint density at radius 3 is 1.98 bits per heavy atom. The molecule has 3 nitrogen and oxygen atoms in total. The molecule has 0 saturated carbocycles. The average Bonchev–Trinajstić information content (AvgIpc) is 3.44. The minimum absolute atomic E-state index is 0.220. The van der Waals surface area contributed by atoms with Crippen molar-refractivity contribution in [3.63, 3.8) is 0 Å². The highest BCUT2D eigenvalue weighted by atomic mass is 16.3. The number of pyridine rings is 2. The second-order valence-electron chi connectivity index (χ2n) is 13.1. The first-order chi connectivity index (χ1) is 22.5. The molecule has 3 aliphatic rings. The van der Waals surface area contributed by atoms with Crippen LogP contribution in [-0.2, 0) is 7.05 Å². The average molecular weight is 592 g/mol. The lowest BCUT2D eigenvalue weighted by atomic mass is 9.60. The number of fused-ring (bicyclic) bond motifs is 4. The van der Waals surface area contributed by atoms with Gasteiger partial charge in [-0.3, -0.25) is 0 Å². The van der Waals surface area contributed by atoms with Crippen molar-refractivity contribution in [1.29, 1.82) is 0 Å². The molecule has 0 N–H and O–H groups in total. The maximum absolute atomic E-state index is 6.48. The molecule has 0 spiro atoms. The lowest BCUT2D eigenvalue weighted by molar-refractivity contribution is -0.660. The zero-order valence-electron chi connectivity index (χ0n) is 26.0. The fraction of sp³-hybridized carbons (Fsp3) is 0.116. The predicted octanol–water partition coefficient (Wildman–Crippen LogP) is 9.90. The molecule has 0 amide bonds. The van der Waals surface area contributed by atoms with E-state index >= 15 is 0 Å². The van der Waals surface area contributed by atoms with E-state index in [1.165, 1.54) is 60.8 Å². The molecule has 11 rings (SSSR count). The fourth-order valence-corrected chi connectivity index (χ4v) is 8.31. The third kappa shape index (κ3) is 3.48. The van der Waals surface area contributed by atoms with E-state index in [4.69, 9.17) is 9.40 Å². The minimum Gasteiger partial charge on any atom is -0.437 e. The van der Waals surface area contributed by atoms with Crippen LogP contribution in [0.2, 0.25) is 0 Å². The number of aryl methyl sites for hydroxylation is 3. The molecular formula is C43H31N2O+. The third-order valence-electron chi connectivity index (χ3n) is 10.5. The highest BCUT2D eigenvalue weighted by molar-refractivity contribution is 6.09. The summed E-state index contributed by atoms with van der Waals surface area (Å²) >= 11 is 0. The van der Waals surface area contributed by atoms with E-state index in [1.807, 2.05) is 6.92 Å². The Bertz CT molecular complexity index is 2590. The summed E-state index contributed by atoms with van der Waals surface area (Å²) in [6.07, 6.45) is 2.18. The van der Waals surface area contributed by atoms with Crippen LogP contribution in [0.1, 0.15) is 56.5 Å². The summed E-state index contributed by atoms with van der Waals surface area (Å²) in [6, 6.07) is 43.0. The summed E-state index contributed by atoms with van der Waals surface area (Å²) in [5.41, 5.74) is 17.0. The molecule has 5 aromatic carbocycles. The Hall–Kier alpha value is -5.54.